The van der Waals surface area contributed by atoms with Gasteiger partial charge in [-0.1, -0.05) is 5.16 Å². The van der Waals surface area contributed by atoms with Crippen LogP contribution < -0.4 is 0 Å². The predicted molar refractivity (Wildman–Crippen MR) is 63.6 cm³/mol. The van der Waals surface area contributed by atoms with Crippen LogP contribution in [0.2, 0.25) is 0 Å². The van der Waals surface area contributed by atoms with Gasteiger partial charge in [-0.05, 0) is 30.7 Å². The van der Waals surface area contributed by atoms with Gasteiger partial charge in [-0.2, -0.15) is 16.7 Å². The molecule has 0 saturated carbocycles. The van der Waals surface area contributed by atoms with E-state index in [9.17, 15) is 5.11 Å². The van der Waals surface area contributed by atoms with Crippen LogP contribution in [0.3, 0.4) is 0 Å². The summed E-state index contributed by atoms with van der Waals surface area (Å²) in [6, 6.07) is 3.21. The lowest BCUT2D eigenvalue weighted by Gasteiger charge is -1.99. The predicted octanol–water partition coefficient (Wildman–Crippen LogP) is 2.41. The summed E-state index contributed by atoms with van der Waals surface area (Å²) in [5, 5.41) is 13.9. The lowest BCUT2D eigenvalue weighted by atomic mass is 10.2. The smallest absolute Gasteiger partial charge is 0.280 e. The van der Waals surface area contributed by atoms with Crippen LogP contribution >= 0.6 is 11.8 Å². The molecule has 1 aliphatic rings. The molecule has 5 nitrogen and oxygen atoms in total. The van der Waals surface area contributed by atoms with Crippen molar-refractivity contribution in [2.75, 3.05) is 5.75 Å². The van der Waals surface area contributed by atoms with Gasteiger partial charge in [-0.3, -0.25) is 0 Å². The summed E-state index contributed by atoms with van der Waals surface area (Å²) in [5.41, 5.74) is 0.342. The molecule has 1 unspecified atom stereocenters. The Morgan fingerprint density at radius 3 is 3.18 bits per heavy atom. The average molecular weight is 249 g/mol. The molecule has 2 aromatic rings. The molecular weight excluding hydrogens is 238 g/mol. The zero-order chi connectivity index (χ0) is 11.7. The lowest BCUT2D eigenvalue weighted by Crippen LogP contribution is -1.91. The third-order valence-electron chi connectivity index (χ3n) is 2.65. The molecule has 0 radical (unpaired) electrons. The van der Waals surface area contributed by atoms with E-state index in [1.807, 2.05) is 11.8 Å². The standard InChI is InChI=1S/C11H11N3O2S/c15-7-3-1-5-12-9(7)11-13-10(14-16-11)8-4-2-6-17-8/h1,3,5,8,15H,2,4,6H2. The number of rotatable bonds is 2. The highest BCUT2D eigenvalue weighted by atomic mass is 32.2. The van der Waals surface area contributed by atoms with Crippen LogP contribution in [-0.2, 0) is 0 Å². The van der Waals surface area contributed by atoms with E-state index in [-0.39, 0.29) is 11.6 Å². The molecule has 88 valence electrons. The van der Waals surface area contributed by atoms with Crippen molar-refractivity contribution in [2.24, 2.45) is 0 Å². The molecule has 1 atom stereocenters. The van der Waals surface area contributed by atoms with Crippen LogP contribution in [0.15, 0.2) is 22.9 Å². The Morgan fingerprint density at radius 2 is 2.41 bits per heavy atom. The number of aromatic nitrogens is 3. The van der Waals surface area contributed by atoms with Crippen molar-refractivity contribution in [3.05, 3.63) is 24.2 Å². The van der Waals surface area contributed by atoms with E-state index in [1.165, 1.54) is 6.42 Å². The molecule has 0 spiro atoms. The third-order valence-corrected chi connectivity index (χ3v) is 4.02. The molecule has 17 heavy (non-hydrogen) atoms. The number of hydrogen-bond acceptors (Lipinski definition) is 6. The maximum Gasteiger partial charge on any atom is 0.280 e. The highest BCUT2D eigenvalue weighted by molar-refractivity contribution is 7.99. The fourth-order valence-electron chi connectivity index (χ4n) is 1.80. The summed E-state index contributed by atoms with van der Waals surface area (Å²) < 4.78 is 5.15. The van der Waals surface area contributed by atoms with Crippen LogP contribution in [0.5, 0.6) is 5.75 Å². The molecule has 1 N–H and O–H groups in total. The van der Waals surface area contributed by atoms with E-state index in [0.29, 0.717) is 16.8 Å². The van der Waals surface area contributed by atoms with E-state index in [4.69, 9.17) is 4.52 Å². The summed E-state index contributed by atoms with van der Waals surface area (Å²) in [7, 11) is 0. The minimum Gasteiger partial charge on any atom is -0.505 e. The van der Waals surface area contributed by atoms with Gasteiger partial charge in [0.25, 0.3) is 5.89 Å². The molecule has 1 fully saturated rings. The van der Waals surface area contributed by atoms with E-state index < -0.39 is 0 Å². The first kappa shape index (κ1) is 10.6. The molecule has 0 amide bonds. The lowest BCUT2D eigenvalue weighted by molar-refractivity contribution is 0.414. The van der Waals surface area contributed by atoms with Gasteiger partial charge < -0.3 is 9.63 Å². The van der Waals surface area contributed by atoms with Crippen LogP contribution in [0.4, 0.5) is 0 Å². The number of hydrogen-bond donors (Lipinski definition) is 1. The minimum absolute atomic E-state index is 0.0572. The van der Waals surface area contributed by atoms with Gasteiger partial charge in [0.2, 0.25) is 0 Å². The summed E-state index contributed by atoms with van der Waals surface area (Å²) in [6.07, 6.45) is 3.86. The fraction of sp³-hybridized carbons (Fsp3) is 0.364. The summed E-state index contributed by atoms with van der Waals surface area (Å²) in [5.74, 6) is 2.18. The van der Waals surface area contributed by atoms with Crippen molar-refractivity contribution in [3.63, 3.8) is 0 Å². The van der Waals surface area contributed by atoms with Gasteiger partial charge in [0, 0.05) is 6.20 Å². The Morgan fingerprint density at radius 1 is 1.47 bits per heavy atom. The van der Waals surface area contributed by atoms with Crippen molar-refractivity contribution in [2.45, 2.75) is 18.1 Å². The normalized spacial score (nSPS) is 19.6. The molecule has 6 heteroatoms. The van der Waals surface area contributed by atoms with Gasteiger partial charge in [0.05, 0.1) is 5.25 Å². The second-order valence-corrected chi connectivity index (χ2v) is 5.14. The van der Waals surface area contributed by atoms with Gasteiger partial charge in [0.15, 0.2) is 11.5 Å². The summed E-state index contributed by atoms with van der Waals surface area (Å²) in [6.45, 7) is 0. The first-order valence-electron chi connectivity index (χ1n) is 5.44. The van der Waals surface area contributed by atoms with Crippen molar-refractivity contribution in [1.29, 1.82) is 0 Å². The Labute approximate surface area is 102 Å². The first-order valence-corrected chi connectivity index (χ1v) is 6.49. The highest BCUT2D eigenvalue weighted by Crippen LogP contribution is 2.39. The molecule has 1 saturated heterocycles. The fourth-order valence-corrected chi connectivity index (χ4v) is 3.00. The maximum atomic E-state index is 9.64. The van der Waals surface area contributed by atoms with Crippen molar-refractivity contribution >= 4 is 11.8 Å². The van der Waals surface area contributed by atoms with E-state index in [0.717, 1.165) is 12.2 Å². The summed E-state index contributed by atoms with van der Waals surface area (Å²) >= 11 is 1.84. The summed E-state index contributed by atoms with van der Waals surface area (Å²) in [4.78, 5) is 8.34. The van der Waals surface area contributed by atoms with Gasteiger partial charge in [-0.15, -0.1) is 0 Å². The quantitative estimate of drug-likeness (QED) is 0.881. The van der Waals surface area contributed by atoms with Crippen molar-refractivity contribution in [1.82, 2.24) is 15.1 Å². The van der Waals surface area contributed by atoms with E-state index >= 15 is 0 Å². The van der Waals surface area contributed by atoms with Crippen molar-refractivity contribution < 1.29 is 9.63 Å². The van der Waals surface area contributed by atoms with Gasteiger partial charge in [-0.25, -0.2) is 4.98 Å². The second-order valence-electron chi connectivity index (χ2n) is 3.83. The zero-order valence-electron chi connectivity index (χ0n) is 9.04. The van der Waals surface area contributed by atoms with Crippen LogP contribution in [0, 0.1) is 0 Å². The highest BCUT2D eigenvalue weighted by Gasteiger charge is 2.24. The largest absolute Gasteiger partial charge is 0.505 e. The Kier molecular flexibility index (Phi) is 2.72. The van der Waals surface area contributed by atoms with E-state index in [1.54, 1.807) is 18.3 Å². The van der Waals surface area contributed by atoms with Crippen LogP contribution in [-0.4, -0.2) is 26.0 Å². The third kappa shape index (κ3) is 2.00. The average Bonchev–Trinajstić information content (AvgIpc) is 3.00. The molecule has 3 rings (SSSR count). The monoisotopic (exact) mass is 249 g/mol. The Bertz CT molecular complexity index is 523. The molecule has 0 aliphatic carbocycles. The van der Waals surface area contributed by atoms with Crippen molar-refractivity contribution in [3.8, 4) is 17.3 Å². The molecule has 1 aliphatic heterocycles. The van der Waals surface area contributed by atoms with Crippen LogP contribution in [0.25, 0.3) is 11.6 Å². The Hall–Kier alpha value is -1.56. The maximum absolute atomic E-state index is 9.64. The second kappa shape index (κ2) is 4.37. The van der Waals surface area contributed by atoms with Gasteiger partial charge >= 0.3 is 0 Å². The number of aromatic hydroxyl groups is 1. The zero-order valence-corrected chi connectivity index (χ0v) is 9.85. The number of pyridine rings is 1. The number of thioether (sulfide) groups is 1. The number of nitrogens with zero attached hydrogens (tertiary/aromatic N) is 3. The van der Waals surface area contributed by atoms with E-state index in [2.05, 4.69) is 15.1 Å². The Balaban J connectivity index is 1.92. The van der Waals surface area contributed by atoms with Gasteiger partial charge in [0.1, 0.15) is 5.75 Å². The molecule has 2 aromatic heterocycles. The minimum atomic E-state index is 0.0572. The molecule has 0 aromatic carbocycles. The SMILES string of the molecule is Oc1cccnc1-c1nc(C2CCCS2)no1. The molecule has 3 heterocycles. The van der Waals surface area contributed by atoms with Crippen LogP contribution in [0.1, 0.15) is 23.9 Å². The molecular formula is C11H11N3O2S. The molecule has 0 bridgehead atoms. The topological polar surface area (TPSA) is 72.0 Å². The first-order chi connectivity index (χ1) is 8.34.